The molecule has 4 heteroatoms. The Morgan fingerprint density at radius 3 is 2.78 bits per heavy atom. The SMILES string of the molecule is C/C=C(\C)C#C/C=C/c1ccc([N+](=O)[O-])c(O)c1. The molecule has 0 spiro atoms. The second kappa shape index (κ2) is 6.26. The van der Waals surface area contributed by atoms with Crippen LogP contribution in [0.3, 0.4) is 0 Å². The highest BCUT2D eigenvalue weighted by Gasteiger charge is 2.11. The van der Waals surface area contributed by atoms with E-state index in [9.17, 15) is 15.2 Å². The van der Waals surface area contributed by atoms with Crippen molar-refractivity contribution in [1.29, 1.82) is 0 Å². The number of rotatable bonds is 2. The van der Waals surface area contributed by atoms with Crippen LogP contribution in [0, 0.1) is 22.0 Å². The molecule has 0 unspecified atom stereocenters. The van der Waals surface area contributed by atoms with Gasteiger partial charge in [-0.15, -0.1) is 0 Å². The summed E-state index contributed by atoms with van der Waals surface area (Å²) in [4.78, 5) is 9.87. The van der Waals surface area contributed by atoms with Gasteiger partial charge in [0.05, 0.1) is 4.92 Å². The van der Waals surface area contributed by atoms with Crippen LogP contribution >= 0.6 is 0 Å². The molecule has 0 bridgehead atoms. The molecule has 18 heavy (non-hydrogen) atoms. The van der Waals surface area contributed by atoms with Crippen LogP contribution in [-0.4, -0.2) is 10.0 Å². The first-order chi connectivity index (χ1) is 8.54. The molecule has 0 saturated carbocycles. The predicted octanol–water partition coefficient (Wildman–Crippen LogP) is 3.28. The third-order valence-electron chi connectivity index (χ3n) is 2.26. The number of allylic oxidation sites excluding steroid dienone is 3. The fraction of sp³-hybridized carbons (Fsp3) is 0.143. The van der Waals surface area contributed by atoms with Gasteiger partial charge >= 0.3 is 5.69 Å². The standard InChI is InChI=1S/C14H13NO3/c1-3-11(2)6-4-5-7-12-8-9-13(15(17)18)14(16)10-12/h3,5,7-10,16H,1-2H3/b7-5+,11-3+. The predicted molar refractivity (Wildman–Crippen MR) is 71.0 cm³/mol. The Hall–Kier alpha value is -2.54. The maximum atomic E-state index is 10.5. The van der Waals surface area contributed by atoms with Crippen molar-refractivity contribution in [2.24, 2.45) is 0 Å². The Kier molecular flexibility index (Phi) is 4.70. The normalized spacial score (nSPS) is 11.1. The maximum Gasteiger partial charge on any atom is 0.310 e. The molecule has 1 rings (SSSR count). The molecule has 1 aromatic rings. The summed E-state index contributed by atoms with van der Waals surface area (Å²) in [5.41, 5.74) is 1.32. The molecule has 92 valence electrons. The molecule has 1 aromatic carbocycles. The molecule has 0 atom stereocenters. The van der Waals surface area contributed by atoms with Crippen molar-refractivity contribution in [3.05, 3.63) is 51.6 Å². The minimum Gasteiger partial charge on any atom is -0.502 e. The smallest absolute Gasteiger partial charge is 0.310 e. The number of aromatic hydroxyl groups is 1. The highest BCUT2D eigenvalue weighted by atomic mass is 16.6. The van der Waals surface area contributed by atoms with E-state index in [0.29, 0.717) is 5.56 Å². The number of nitro groups is 1. The van der Waals surface area contributed by atoms with E-state index in [1.165, 1.54) is 12.1 Å². The van der Waals surface area contributed by atoms with Crippen molar-refractivity contribution in [2.45, 2.75) is 13.8 Å². The fourth-order valence-corrected chi connectivity index (χ4v) is 1.16. The monoisotopic (exact) mass is 243 g/mol. The van der Waals surface area contributed by atoms with E-state index in [2.05, 4.69) is 11.8 Å². The molecule has 0 aromatic heterocycles. The van der Waals surface area contributed by atoms with E-state index in [1.807, 2.05) is 19.9 Å². The number of nitro benzene ring substituents is 1. The molecule has 0 amide bonds. The Labute approximate surface area is 105 Å². The van der Waals surface area contributed by atoms with Gasteiger partial charge in [-0.05, 0) is 49.3 Å². The average molecular weight is 243 g/mol. The summed E-state index contributed by atoms with van der Waals surface area (Å²) in [6.07, 6.45) is 5.21. The molecule has 0 fully saturated rings. The molecule has 1 N–H and O–H groups in total. The lowest BCUT2D eigenvalue weighted by Crippen LogP contribution is -1.88. The van der Waals surface area contributed by atoms with Gasteiger partial charge in [-0.2, -0.15) is 0 Å². The summed E-state index contributed by atoms with van der Waals surface area (Å²) in [5, 5.41) is 19.9. The van der Waals surface area contributed by atoms with Gasteiger partial charge in [0.1, 0.15) is 0 Å². The lowest BCUT2D eigenvalue weighted by atomic mass is 10.2. The Morgan fingerprint density at radius 2 is 2.22 bits per heavy atom. The second-order valence-corrected chi connectivity index (χ2v) is 3.58. The van der Waals surface area contributed by atoms with Crippen molar-refractivity contribution in [2.75, 3.05) is 0 Å². The molecule has 0 aliphatic carbocycles. The lowest BCUT2D eigenvalue weighted by molar-refractivity contribution is -0.385. The molecule has 0 heterocycles. The van der Waals surface area contributed by atoms with Gasteiger partial charge in [-0.3, -0.25) is 10.1 Å². The summed E-state index contributed by atoms with van der Waals surface area (Å²) >= 11 is 0. The maximum absolute atomic E-state index is 10.5. The number of benzene rings is 1. The van der Waals surface area contributed by atoms with E-state index in [4.69, 9.17) is 0 Å². The van der Waals surface area contributed by atoms with Crippen molar-refractivity contribution in [3.8, 4) is 17.6 Å². The van der Waals surface area contributed by atoms with E-state index < -0.39 is 4.92 Å². The Balaban J connectivity index is 2.86. The van der Waals surface area contributed by atoms with Gasteiger partial charge in [0.25, 0.3) is 0 Å². The molecule has 0 aliphatic heterocycles. The highest BCUT2D eigenvalue weighted by molar-refractivity contribution is 5.59. The van der Waals surface area contributed by atoms with E-state index in [1.54, 1.807) is 18.2 Å². The third-order valence-corrected chi connectivity index (χ3v) is 2.26. The summed E-state index contributed by atoms with van der Waals surface area (Å²) in [7, 11) is 0. The Morgan fingerprint density at radius 1 is 1.50 bits per heavy atom. The summed E-state index contributed by atoms with van der Waals surface area (Å²) in [6, 6.07) is 4.15. The van der Waals surface area contributed by atoms with E-state index in [-0.39, 0.29) is 11.4 Å². The van der Waals surface area contributed by atoms with Crippen LogP contribution in [0.15, 0.2) is 35.9 Å². The van der Waals surface area contributed by atoms with Crippen LogP contribution in [0.4, 0.5) is 5.69 Å². The second-order valence-electron chi connectivity index (χ2n) is 3.58. The molecular weight excluding hydrogens is 230 g/mol. The van der Waals surface area contributed by atoms with Gasteiger partial charge in [0, 0.05) is 6.07 Å². The van der Waals surface area contributed by atoms with Crippen LogP contribution in [0.25, 0.3) is 6.08 Å². The minimum atomic E-state index is -0.627. The quantitative estimate of drug-likeness (QED) is 0.492. The first kappa shape index (κ1) is 13.5. The first-order valence-corrected chi connectivity index (χ1v) is 5.33. The number of phenols is 1. The first-order valence-electron chi connectivity index (χ1n) is 5.33. The van der Waals surface area contributed by atoms with E-state index in [0.717, 1.165) is 5.57 Å². The number of hydrogen-bond donors (Lipinski definition) is 1. The summed E-state index contributed by atoms with van der Waals surface area (Å²) in [6.45, 7) is 3.81. The summed E-state index contributed by atoms with van der Waals surface area (Å²) < 4.78 is 0. The van der Waals surface area contributed by atoms with Gasteiger partial charge in [0.2, 0.25) is 0 Å². The van der Waals surface area contributed by atoms with Crippen molar-refractivity contribution < 1.29 is 10.0 Å². The fourth-order valence-electron chi connectivity index (χ4n) is 1.16. The zero-order valence-corrected chi connectivity index (χ0v) is 10.2. The van der Waals surface area contributed by atoms with Crippen LogP contribution < -0.4 is 0 Å². The molecule has 0 aliphatic rings. The minimum absolute atomic E-state index is 0.303. The number of hydrogen-bond acceptors (Lipinski definition) is 3. The van der Waals surface area contributed by atoms with Crippen LogP contribution in [-0.2, 0) is 0 Å². The molecule has 4 nitrogen and oxygen atoms in total. The largest absolute Gasteiger partial charge is 0.502 e. The van der Waals surface area contributed by atoms with Crippen LogP contribution in [0.5, 0.6) is 5.75 Å². The number of phenolic OH excluding ortho intramolecular Hbond substituents is 1. The van der Waals surface area contributed by atoms with Crippen molar-refractivity contribution in [1.82, 2.24) is 0 Å². The van der Waals surface area contributed by atoms with Crippen molar-refractivity contribution >= 4 is 11.8 Å². The van der Waals surface area contributed by atoms with Crippen LogP contribution in [0.1, 0.15) is 19.4 Å². The Bertz CT molecular complexity index is 574. The lowest BCUT2D eigenvalue weighted by Gasteiger charge is -1.96. The van der Waals surface area contributed by atoms with Crippen molar-refractivity contribution in [3.63, 3.8) is 0 Å². The van der Waals surface area contributed by atoms with E-state index >= 15 is 0 Å². The third kappa shape index (κ3) is 3.80. The zero-order valence-electron chi connectivity index (χ0n) is 10.2. The van der Waals surface area contributed by atoms with Gasteiger partial charge < -0.3 is 5.11 Å². The van der Waals surface area contributed by atoms with Gasteiger partial charge in [0.15, 0.2) is 5.75 Å². The molecule has 0 saturated heterocycles. The molecular formula is C14H13NO3. The molecule has 0 radical (unpaired) electrons. The zero-order chi connectivity index (χ0) is 13.5. The average Bonchev–Trinajstić information content (AvgIpc) is 2.34. The highest BCUT2D eigenvalue weighted by Crippen LogP contribution is 2.26. The van der Waals surface area contributed by atoms with Crippen LogP contribution in [0.2, 0.25) is 0 Å². The summed E-state index contributed by atoms with van der Waals surface area (Å²) in [5.74, 6) is 5.38. The van der Waals surface area contributed by atoms with Gasteiger partial charge in [-0.1, -0.05) is 17.9 Å². The van der Waals surface area contributed by atoms with Gasteiger partial charge in [-0.25, -0.2) is 0 Å². The number of nitrogens with zero attached hydrogens (tertiary/aromatic N) is 1. The topological polar surface area (TPSA) is 63.4 Å².